The van der Waals surface area contributed by atoms with Gasteiger partial charge in [0.2, 0.25) is 12.3 Å². The highest BCUT2D eigenvalue weighted by molar-refractivity contribution is 5.90. The zero-order valence-corrected chi connectivity index (χ0v) is 23.8. The van der Waals surface area contributed by atoms with Crippen molar-refractivity contribution >= 4 is 34.9 Å². The standard InChI is InChI=1S/C16H15N5O2.C8H10.2C4H8/c1-9-5-11(3-4-13(9)18-8-22)15-20-14-6-12(19-10(2)23)7-17-16(14)21-15;1-8-6-4-2-3-5-7-8;2*1-3-4-2/h3-8H,1-2H3,(H,18,22)(H,19,23)(H,17,20,21);2-6H,7H2,1H3;2*3H,1,4H2,2H3. The lowest BCUT2D eigenvalue weighted by molar-refractivity contribution is -0.114. The van der Waals surface area contributed by atoms with Gasteiger partial charge in [-0.05, 0) is 62.9 Å². The monoisotopic (exact) mass is 527 g/mol. The molecule has 1 aromatic carbocycles. The molecule has 39 heavy (non-hydrogen) atoms. The number of hydrogen-bond acceptors (Lipinski definition) is 4. The van der Waals surface area contributed by atoms with Crippen molar-refractivity contribution in [1.82, 2.24) is 15.0 Å². The molecule has 0 unspecified atom stereocenters. The minimum atomic E-state index is -0.153. The molecule has 0 fully saturated rings. The highest BCUT2D eigenvalue weighted by atomic mass is 16.1. The lowest BCUT2D eigenvalue weighted by atomic mass is 10.1. The number of allylic oxidation sites excluding steroid dienone is 8. The molecule has 2 heterocycles. The highest BCUT2D eigenvalue weighted by Gasteiger charge is 2.09. The summed E-state index contributed by atoms with van der Waals surface area (Å²) in [5.41, 5.74) is 5.92. The number of carbonyl (C=O) groups is 2. The van der Waals surface area contributed by atoms with E-state index in [2.05, 4.69) is 89.9 Å². The van der Waals surface area contributed by atoms with Gasteiger partial charge < -0.3 is 15.6 Å². The van der Waals surface area contributed by atoms with Gasteiger partial charge in [0.1, 0.15) is 5.82 Å². The number of carbonyl (C=O) groups excluding carboxylic acids is 2. The minimum absolute atomic E-state index is 0.153. The van der Waals surface area contributed by atoms with Crippen molar-refractivity contribution in [2.75, 3.05) is 10.6 Å². The van der Waals surface area contributed by atoms with E-state index in [4.69, 9.17) is 0 Å². The summed E-state index contributed by atoms with van der Waals surface area (Å²) in [4.78, 5) is 33.5. The Bertz CT molecular complexity index is 1310. The van der Waals surface area contributed by atoms with Crippen molar-refractivity contribution in [1.29, 1.82) is 0 Å². The molecule has 4 rings (SSSR count). The molecule has 0 aliphatic heterocycles. The van der Waals surface area contributed by atoms with Gasteiger partial charge in [0, 0.05) is 18.2 Å². The number of amides is 2. The second-order valence-electron chi connectivity index (χ2n) is 8.58. The van der Waals surface area contributed by atoms with Gasteiger partial charge in [-0.2, -0.15) is 0 Å². The maximum atomic E-state index is 11.1. The van der Waals surface area contributed by atoms with Crippen LogP contribution in [0.15, 0.2) is 91.7 Å². The molecule has 7 heteroatoms. The first kappa shape index (κ1) is 32.5. The van der Waals surface area contributed by atoms with Gasteiger partial charge >= 0.3 is 0 Å². The number of aromatic nitrogens is 3. The van der Waals surface area contributed by atoms with Crippen molar-refractivity contribution in [3.63, 3.8) is 0 Å². The molecular formula is C32H41N5O2. The predicted molar refractivity (Wildman–Crippen MR) is 166 cm³/mol. The number of nitrogens with one attached hydrogen (secondary N) is 3. The number of aromatic amines is 1. The van der Waals surface area contributed by atoms with Gasteiger partial charge in [-0.3, -0.25) is 9.59 Å². The molecule has 1 aliphatic rings. The molecule has 206 valence electrons. The quantitative estimate of drug-likeness (QED) is 0.223. The van der Waals surface area contributed by atoms with E-state index < -0.39 is 0 Å². The fraction of sp³-hybridized carbons (Fsp3) is 0.250. The first-order chi connectivity index (χ1) is 18.8. The number of hydrogen-bond donors (Lipinski definition) is 3. The van der Waals surface area contributed by atoms with Crippen LogP contribution in [0.25, 0.3) is 22.6 Å². The van der Waals surface area contributed by atoms with Crippen LogP contribution >= 0.6 is 0 Å². The molecule has 0 radical (unpaired) electrons. The number of benzene rings is 1. The summed E-state index contributed by atoms with van der Waals surface area (Å²) >= 11 is 0. The molecular weight excluding hydrogens is 486 g/mol. The highest BCUT2D eigenvalue weighted by Crippen LogP contribution is 2.25. The fourth-order valence-electron chi connectivity index (χ4n) is 3.03. The Labute approximate surface area is 232 Å². The number of H-pyrrole nitrogens is 1. The molecule has 0 saturated heterocycles. The Morgan fingerprint density at radius 3 is 2.36 bits per heavy atom. The molecule has 0 spiro atoms. The molecule has 1 aliphatic carbocycles. The maximum Gasteiger partial charge on any atom is 0.221 e. The fourth-order valence-corrected chi connectivity index (χ4v) is 3.03. The summed E-state index contributed by atoms with van der Waals surface area (Å²) in [7, 11) is 0. The van der Waals surface area contributed by atoms with Crippen LogP contribution in [0, 0.1) is 6.92 Å². The van der Waals surface area contributed by atoms with Gasteiger partial charge in [0.25, 0.3) is 0 Å². The zero-order chi connectivity index (χ0) is 29.0. The largest absolute Gasteiger partial charge is 0.337 e. The SMILES string of the molecule is C=CCC.C=CCC.CC(=O)Nc1cnc2nc(-c3ccc(NC=O)c(C)c3)[nH]c2c1.CC1=CC=CC=CC1. The van der Waals surface area contributed by atoms with E-state index >= 15 is 0 Å². The first-order valence-corrected chi connectivity index (χ1v) is 12.9. The Hall–Kier alpha value is -4.52. The second-order valence-corrected chi connectivity index (χ2v) is 8.58. The third-order valence-electron chi connectivity index (χ3n) is 5.13. The van der Waals surface area contributed by atoms with Crippen molar-refractivity contribution in [3.05, 3.63) is 97.3 Å². The van der Waals surface area contributed by atoms with Crippen LogP contribution in [0.4, 0.5) is 11.4 Å². The lowest BCUT2D eigenvalue weighted by Crippen LogP contribution is -2.05. The zero-order valence-electron chi connectivity index (χ0n) is 23.8. The van der Waals surface area contributed by atoms with Gasteiger partial charge in [-0.25, -0.2) is 9.97 Å². The van der Waals surface area contributed by atoms with Crippen LogP contribution in [0.5, 0.6) is 0 Å². The van der Waals surface area contributed by atoms with E-state index in [-0.39, 0.29) is 5.91 Å². The third kappa shape index (κ3) is 12.5. The Balaban J connectivity index is 0.000000388. The molecule has 3 N–H and O–H groups in total. The van der Waals surface area contributed by atoms with Gasteiger partial charge in [0.05, 0.1) is 17.4 Å². The maximum absolute atomic E-state index is 11.1. The number of anilines is 2. The van der Waals surface area contributed by atoms with Crippen molar-refractivity contribution in [3.8, 4) is 11.4 Å². The molecule has 0 atom stereocenters. The van der Waals surface area contributed by atoms with E-state index in [1.165, 1.54) is 12.5 Å². The van der Waals surface area contributed by atoms with Gasteiger partial charge in [0.15, 0.2) is 5.65 Å². The minimum Gasteiger partial charge on any atom is -0.337 e. The lowest BCUT2D eigenvalue weighted by Gasteiger charge is -2.05. The van der Waals surface area contributed by atoms with Crippen LogP contribution in [0.2, 0.25) is 0 Å². The predicted octanol–water partition coefficient (Wildman–Crippen LogP) is 8.07. The molecule has 0 bridgehead atoms. The van der Waals surface area contributed by atoms with E-state index in [0.717, 1.165) is 41.6 Å². The number of imidazole rings is 1. The summed E-state index contributed by atoms with van der Waals surface area (Å²) in [5, 5.41) is 5.33. The van der Waals surface area contributed by atoms with E-state index in [1.54, 1.807) is 12.3 Å². The number of pyridine rings is 1. The summed E-state index contributed by atoms with van der Waals surface area (Å²) < 4.78 is 0. The number of fused-ring (bicyclic) bond motifs is 1. The Morgan fingerprint density at radius 2 is 1.77 bits per heavy atom. The third-order valence-corrected chi connectivity index (χ3v) is 5.13. The Kier molecular flexibility index (Phi) is 15.6. The van der Waals surface area contributed by atoms with Gasteiger partial charge in [-0.1, -0.05) is 62.0 Å². The topological polar surface area (TPSA) is 99.8 Å². The van der Waals surface area contributed by atoms with Crippen molar-refractivity contribution in [2.45, 2.75) is 53.9 Å². The van der Waals surface area contributed by atoms with E-state index in [1.807, 2.05) is 37.3 Å². The van der Waals surface area contributed by atoms with E-state index in [9.17, 15) is 9.59 Å². The molecule has 7 nitrogen and oxygen atoms in total. The smallest absolute Gasteiger partial charge is 0.221 e. The average Bonchev–Trinajstić information content (AvgIpc) is 3.20. The molecule has 2 aromatic heterocycles. The second kappa shape index (κ2) is 18.7. The van der Waals surface area contributed by atoms with Crippen LogP contribution in [-0.2, 0) is 9.59 Å². The average molecular weight is 528 g/mol. The first-order valence-electron chi connectivity index (χ1n) is 12.9. The summed E-state index contributed by atoms with van der Waals surface area (Å²) in [6, 6.07) is 7.40. The normalized spacial score (nSPS) is 11.2. The van der Waals surface area contributed by atoms with Crippen molar-refractivity contribution < 1.29 is 9.59 Å². The van der Waals surface area contributed by atoms with Gasteiger partial charge in [-0.15, -0.1) is 13.2 Å². The molecule has 2 amide bonds. The number of rotatable bonds is 6. The number of aryl methyl sites for hydroxylation is 1. The van der Waals surface area contributed by atoms with Crippen LogP contribution in [0.3, 0.4) is 0 Å². The molecule has 3 aromatic rings. The van der Waals surface area contributed by atoms with Crippen LogP contribution in [0.1, 0.15) is 52.5 Å². The molecule has 0 saturated carbocycles. The van der Waals surface area contributed by atoms with Crippen LogP contribution in [-0.4, -0.2) is 27.3 Å². The summed E-state index contributed by atoms with van der Waals surface area (Å²) in [5.74, 6) is 0.521. The van der Waals surface area contributed by atoms with Crippen molar-refractivity contribution in [2.24, 2.45) is 0 Å². The Morgan fingerprint density at radius 1 is 1.08 bits per heavy atom. The summed E-state index contributed by atoms with van der Waals surface area (Å²) in [6.07, 6.45) is 19.7. The van der Waals surface area contributed by atoms with E-state index in [0.29, 0.717) is 23.6 Å². The number of nitrogens with zero attached hydrogens (tertiary/aromatic N) is 2. The van der Waals surface area contributed by atoms with Crippen LogP contribution < -0.4 is 10.6 Å². The summed E-state index contributed by atoms with van der Waals surface area (Å²) in [6.45, 7) is 16.6.